The van der Waals surface area contributed by atoms with Crippen molar-refractivity contribution in [2.24, 2.45) is 0 Å². The second-order valence-corrected chi connectivity index (χ2v) is 2.11. The molecule has 2 heteroatoms. The Hall–Kier alpha value is -0.633. The van der Waals surface area contributed by atoms with E-state index in [2.05, 4.69) is 0 Å². The van der Waals surface area contributed by atoms with Crippen molar-refractivity contribution >= 4 is 15.0 Å². The van der Waals surface area contributed by atoms with Crippen molar-refractivity contribution in [3.8, 4) is 0 Å². The minimum absolute atomic E-state index is 0.0856. The molecule has 0 amide bonds. The summed E-state index contributed by atoms with van der Waals surface area (Å²) in [6.07, 6.45) is 7.56. The summed E-state index contributed by atoms with van der Waals surface area (Å²) >= 11 is 0. The first kappa shape index (κ1) is 4.52. The van der Waals surface area contributed by atoms with Crippen LogP contribution in [0.2, 0.25) is 0 Å². The van der Waals surface area contributed by atoms with Gasteiger partial charge in [-0.1, -0.05) is 12.2 Å². The molecule has 0 aromatic rings. The molecule has 0 fully saturated rings. The highest BCUT2D eigenvalue weighted by atomic mass is 28.2. The molecule has 1 rings (SSSR count). The Labute approximate surface area is 44.9 Å². The Kier molecular flexibility index (Phi) is 1.63. The first-order valence-electron chi connectivity index (χ1n) is 2.14. The molecule has 36 valence electrons. The van der Waals surface area contributed by atoms with Crippen LogP contribution < -0.4 is 0 Å². The van der Waals surface area contributed by atoms with Crippen molar-refractivity contribution in [3.05, 3.63) is 24.5 Å². The highest BCUT2D eigenvalue weighted by Gasteiger charge is 1.70. The van der Waals surface area contributed by atoms with Crippen molar-refractivity contribution < 1.29 is 4.43 Å². The maximum atomic E-state index is 4.98. The Morgan fingerprint density at radius 2 is 2.14 bits per heavy atom. The van der Waals surface area contributed by atoms with Crippen molar-refractivity contribution in [1.29, 1.82) is 0 Å². The topological polar surface area (TPSA) is 9.23 Å². The molecule has 1 aliphatic rings. The van der Waals surface area contributed by atoms with Crippen molar-refractivity contribution in [2.45, 2.75) is 0 Å². The molecule has 0 aromatic carbocycles. The molecule has 0 aliphatic carbocycles. The third-order valence-electron chi connectivity index (χ3n) is 0.648. The zero-order valence-electron chi connectivity index (χ0n) is 3.87. The summed E-state index contributed by atoms with van der Waals surface area (Å²) in [5.74, 6) is 0. The Balaban J connectivity index is 2.60. The summed E-state index contributed by atoms with van der Waals surface area (Å²) in [6.45, 7) is 0. The third-order valence-corrected chi connectivity index (χ3v) is 1.34. The Morgan fingerprint density at radius 3 is 3.14 bits per heavy atom. The quantitative estimate of drug-likeness (QED) is 0.406. The van der Waals surface area contributed by atoms with E-state index in [-0.39, 0.29) is 9.38 Å². The lowest BCUT2D eigenvalue weighted by atomic mass is 10.5. The van der Waals surface area contributed by atoms with E-state index < -0.39 is 0 Å². The molecular weight excluding hydrogens is 104 g/mol. The van der Waals surface area contributed by atoms with Gasteiger partial charge in [-0.05, 0) is 11.7 Å². The van der Waals surface area contributed by atoms with Crippen LogP contribution in [0, 0.1) is 0 Å². The molecule has 1 nitrogen and oxygen atoms in total. The van der Waals surface area contributed by atoms with Crippen LogP contribution in [0.3, 0.4) is 0 Å². The average molecular weight is 110 g/mol. The highest BCUT2D eigenvalue weighted by molar-refractivity contribution is 6.43. The van der Waals surface area contributed by atoms with E-state index in [4.69, 9.17) is 4.43 Å². The van der Waals surface area contributed by atoms with Crippen molar-refractivity contribution in [3.63, 3.8) is 0 Å². The minimum Gasteiger partial charge on any atom is -0.526 e. The second-order valence-electron chi connectivity index (χ2n) is 1.18. The maximum absolute atomic E-state index is 4.98. The van der Waals surface area contributed by atoms with Crippen LogP contribution in [0.5, 0.6) is 0 Å². The van der Waals surface area contributed by atoms with Gasteiger partial charge in [0.15, 0.2) is 0 Å². The van der Waals surface area contributed by atoms with Crippen LogP contribution in [0.15, 0.2) is 24.5 Å². The van der Waals surface area contributed by atoms with E-state index in [0.29, 0.717) is 0 Å². The van der Waals surface area contributed by atoms with Crippen LogP contribution in [-0.2, 0) is 4.43 Å². The normalized spacial score (nSPS) is 16.0. The molecule has 0 saturated carbocycles. The molecule has 0 saturated heterocycles. The number of hydrogen-bond acceptors (Lipinski definition) is 1. The SMILES string of the molecule is C1=CC=[SiH]OC=C1. The van der Waals surface area contributed by atoms with Gasteiger partial charge >= 0.3 is 0 Å². The molecule has 1 aliphatic heterocycles. The van der Waals surface area contributed by atoms with E-state index in [0.717, 1.165) is 0 Å². The zero-order valence-corrected chi connectivity index (χ0v) is 5.03. The lowest BCUT2D eigenvalue weighted by Crippen LogP contribution is -1.78. The summed E-state index contributed by atoms with van der Waals surface area (Å²) in [5.41, 5.74) is 2.04. The summed E-state index contributed by atoms with van der Waals surface area (Å²) in [5, 5.41) is 0. The van der Waals surface area contributed by atoms with Gasteiger partial charge in [0.05, 0.1) is 6.26 Å². The van der Waals surface area contributed by atoms with Gasteiger partial charge in [-0.3, -0.25) is 0 Å². The molecule has 1 heterocycles. The fourth-order valence-corrected chi connectivity index (χ4v) is 0.846. The summed E-state index contributed by atoms with van der Waals surface area (Å²) in [7, 11) is 0.0856. The predicted molar refractivity (Wildman–Crippen MR) is 32.6 cm³/mol. The molecule has 0 N–H and O–H groups in total. The van der Waals surface area contributed by atoms with Crippen LogP contribution in [0.1, 0.15) is 0 Å². The number of hydrogen-bond donors (Lipinski definition) is 0. The van der Waals surface area contributed by atoms with E-state index in [1.165, 1.54) is 0 Å². The standard InChI is InChI=1S/C5H6OSi/c1-2-4-6-7-5-3-1/h1-5,7H. The van der Waals surface area contributed by atoms with Crippen LogP contribution in [0.4, 0.5) is 0 Å². The Bertz CT molecular complexity index is 110. The first-order chi connectivity index (χ1) is 3.50. The number of allylic oxidation sites excluding steroid dienone is 3. The highest BCUT2D eigenvalue weighted by Crippen LogP contribution is 1.78. The van der Waals surface area contributed by atoms with Crippen LogP contribution in [0.25, 0.3) is 0 Å². The second kappa shape index (κ2) is 2.52. The van der Waals surface area contributed by atoms with E-state index >= 15 is 0 Å². The molecule has 0 aromatic heterocycles. The largest absolute Gasteiger partial charge is 0.526 e. The molecule has 0 bridgehead atoms. The van der Waals surface area contributed by atoms with Crippen molar-refractivity contribution in [1.82, 2.24) is 0 Å². The van der Waals surface area contributed by atoms with Gasteiger partial charge in [-0.25, -0.2) is 0 Å². The van der Waals surface area contributed by atoms with Crippen molar-refractivity contribution in [2.75, 3.05) is 0 Å². The summed E-state index contributed by atoms with van der Waals surface area (Å²) < 4.78 is 4.98. The van der Waals surface area contributed by atoms with E-state index in [1.54, 1.807) is 6.26 Å². The molecule has 7 heavy (non-hydrogen) atoms. The molecular formula is C5H6OSi. The van der Waals surface area contributed by atoms with E-state index in [9.17, 15) is 0 Å². The first-order valence-corrected chi connectivity index (χ1v) is 3.28. The fourth-order valence-electron chi connectivity index (χ4n) is 0.355. The monoisotopic (exact) mass is 110 g/mol. The predicted octanol–water partition coefficient (Wildman–Crippen LogP) is 0.240. The third kappa shape index (κ3) is 1.50. The maximum Gasteiger partial charge on any atom is 0.223 e. The van der Waals surface area contributed by atoms with E-state index in [1.807, 2.05) is 23.9 Å². The minimum atomic E-state index is 0.0856. The van der Waals surface area contributed by atoms with Gasteiger partial charge < -0.3 is 4.43 Å². The molecule has 0 atom stereocenters. The van der Waals surface area contributed by atoms with Gasteiger partial charge in [-0.15, -0.1) is 0 Å². The van der Waals surface area contributed by atoms with Gasteiger partial charge in [0.1, 0.15) is 0 Å². The van der Waals surface area contributed by atoms with Crippen LogP contribution >= 0.6 is 0 Å². The molecule has 0 unspecified atom stereocenters. The van der Waals surface area contributed by atoms with Crippen LogP contribution in [-0.4, -0.2) is 15.0 Å². The molecule has 0 radical (unpaired) electrons. The average Bonchev–Trinajstić information content (AvgIpc) is 1.90. The lowest BCUT2D eigenvalue weighted by Gasteiger charge is -1.80. The van der Waals surface area contributed by atoms with Gasteiger partial charge in [-0.2, -0.15) is 0 Å². The van der Waals surface area contributed by atoms with Gasteiger partial charge in [0.2, 0.25) is 9.38 Å². The zero-order chi connectivity index (χ0) is 4.95. The van der Waals surface area contributed by atoms with Gasteiger partial charge in [0, 0.05) is 0 Å². The number of rotatable bonds is 0. The van der Waals surface area contributed by atoms with Gasteiger partial charge in [0.25, 0.3) is 0 Å². The summed E-state index contributed by atoms with van der Waals surface area (Å²) in [4.78, 5) is 0. The molecule has 0 spiro atoms. The smallest absolute Gasteiger partial charge is 0.223 e. The Morgan fingerprint density at radius 1 is 1.14 bits per heavy atom. The lowest BCUT2D eigenvalue weighted by molar-refractivity contribution is 0.532. The fraction of sp³-hybridized carbons (Fsp3) is 0. The summed E-state index contributed by atoms with van der Waals surface area (Å²) in [6, 6.07) is 0.